The van der Waals surface area contributed by atoms with E-state index in [0.717, 1.165) is 15.2 Å². The molecule has 33 heavy (non-hydrogen) atoms. The first-order valence-corrected chi connectivity index (χ1v) is 11.1. The number of amides is 1. The number of benzene rings is 2. The van der Waals surface area contributed by atoms with Gasteiger partial charge in [0.15, 0.2) is 0 Å². The molecule has 2 aromatic heterocycles. The molecule has 4 aromatic rings. The molecule has 164 valence electrons. The third-order valence-electron chi connectivity index (χ3n) is 4.96. The summed E-state index contributed by atoms with van der Waals surface area (Å²) in [5, 5.41) is 28.8. The zero-order chi connectivity index (χ0) is 23.3. The van der Waals surface area contributed by atoms with Crippen molar-refractivity contribution in [3.05, 3.63) is 76.4 Å². The number of carbonyl (C=O) groups is 1. The predicted octanol–water partition coefficient (Wildman–Crippen LogP) is 3.85. The van der Waals surface area contributed by atoms with Crippen LogP contribution in [0, 0.1) is 29.6 Å². The van der Waals surface area contributed by atoms with Gasteiger partial charge in [0, 0.05) is 0 Å². The molecular formula is C24H20N6O2S. The quantitative estimate of drug-likeness (QED) is 0.483. The van der Waals surface area contributed by atoms with E-state index in [2.05, 4.69) is 32.6 Å². The number of nitrogens with zero attached hydrogens (tertiary/aromatic N) is 5. The number of nitrogens with one attached hydrogen (secondary N) is 1. The largest absolute Gasteiger partial charge is 0.424 e. The van der Waals surface area contributed by atoms with Gasteiger partial charge in [0.1, 0.15) is 17.0 Å². The summed E-state index contributed by atoms with van der Waals surface area (Å²) in [7, 11) is 0. The maximum absolute atomic E-state index is 11.9. The fourth-order valence-corrected chi connectivity index (χ4v) is 4.12. The number of carbonyl (C=O) groups excluding carboxylic acids is 1. The monoisotopic (exact) mass is 456 g/mol. The first-order valence-electron chi connectivity index (χ1n) is 10.3. The topological polar surface area (TPSA) is 128 Å². The molecule has 1 amide bonds. The Labute approximate surface area is 194 Å². The summed E-state index contributed by atoms with van der Waals surface area (Å²) in [6, 6.07) is 19.4. The summed E-state index contributed by atoms with van der Waals surface area (Å²) in [5.41, 5.74) is 2.18. The van der Waals surface area contributed by atoms with Crippen LogP contribution in [-0.2, 0) is 17.6 Å². The third-order valence-corrected chi connectivity index (χ3v) is 5.97. The van der Waals surface area contributed by atoms with Crippen LogP contribution in [0.5, 0.6) is 0 Å². The van der Waals surface area contributed by atoms with E-state index in [-0.39, 0.29) is 18.2 Å². The van der Waals surface area contributed by atoms with Gasteiger partial charge in [-0.05, 0) is 49.6 Å². The fourth-order valence-electron chi connectivity index (χ4n) is 3.07. The molecule has 0 saturated heterocycles. The van der Waals surface area contributed by atoms with Crippen molar-refractivity contribution in [2.75, 3.05) is 0 Å². The van der Waals surface area contributed by atoms with Gasteiger partial charge in [0.25, 0.3) is 0 Å². The lowest BCUT2D eigenvalue weighted by Gasteiger charge is -2.06. The Morgan fingerprint density at radius 3 is 2.58 bits per heavy atom. The standard InChI is InChI=1S/C17H15N5O2S.C7H5N/c1-10-2-3-11-12(6-10)25-16(19-11)8-15-22-21-14(24-15)7-13(23)20-17(9-18)4-5-17;8-6-7-4-2-1-3-5-7/h2-3,6H,4-5,7-8H2,1H3,(H,20,23);1-5H. The van der Waals surface area contributed by atoms with Gasteiger partial charge in [-0.2, -0.15) is 10.5 Å². The maximum atomic E-state index is 11.9. The van der Waals surface area contributed by atoms with Gasteiger partial charge < -0.3 is 9.73 Å². The van der Waals surface area contributed by atoms with Gasteiger partial charge in [-0.3, -0.25) is 4.79 Å². The van der Waals surface area contributed by atoms with Crippen molar-refractivity contribution in [1.82, 2.24) is 20.5 Å². The lowest BCUT2D eigenvalue weighted by atomic mass is 10.2. The predicted molar refractivity (Wildman–Crippen MR) is 122 cm³/mol. The van der Waals surface area contributed by atoms with Crippen LogP contribution in [0.2, 0.25) is 0 Å². The zero-order valence-corrected chi connectivity index (χ0v) is 18.7. The number of rotatable bonds is 5. The molecule has 1 aliphatic rings. The Morgan fingerprint density at radius 1 is 1.15 bits per heavy atom. The molecule has 9 heteroatoms. The SMILES string of the molecule is Cc1ccc2nc(Cc3nnc(CC(=O)NC4(C#N)CC4)o3)sc2c1.N#Cc1ccccc1. The van der Waals surface area contributed by atoms with Crippen molar-refractivity contribution >= 4 is 27.5 Å². The zero-order valence-electron chi connectivity index (χ0n) is 17.9. The number of aromatic nitrogens is 3. The van der Waals surface area contributed by atoms with Crippen LogP contribution in [0.25, 0.3) is 10.2 Å². The van der Waals surface area contributed by atoms with Crippen LogP contribution in [0.1, 0.15) is 40.8 Å². The molecule has 1 aliphatic carbocycles. The Bertz CT molecular complexity index is 1360. The Balaban J connectivity index is 0.000000275. The van der Waals surface area contributed by atoms with Crippen molar-refractivity contribution in [3.63, 3.8) is 0 Å². The molecule has 0 aliphatic heterocycles. The second kappa shape index (κ2) is 9.60. The fraction of sp³-hybridized carbons (Fsp3) is 0.250. The molecule has 0 spiro atoms. The van der Waals surface area contributed by atoms with Gasteiger partial charge in [-0.15, -0.1) is 21.5 Å². The van der Waals surface area contributed by atoms with E-state index in [9.17, 15) is 4.79 Å². The molecule has 2 heterocycles. The van der Waals surface area contributed by atoms with E-state index in [1.54, 1.807) is 23.5 Å². The second-order valence-corrected chi connectivity index (χ2v) is 8.86. The average Bonchev–Trinajstić information content (AvgIpc) is 3.26. The summed E-state index contributed by atoms with van der Waals surface area (Å²) < 4.78 is 6.67. The van der Waals surface area contributed by atoms with E-state index < -0.39 is 5.54 Å². The first kappa shape index (κ1) is 22.1. The lowest BCUT2D eigenvalue weighted by Crippen LogP contribution is -2.36. The molecule has 1 N–H and O–H groups in total. The summed E-state index contributed by atoms with van der Waals surface area (Å²) in [6.45, 7) is 2.05. The Kier molecular flexibility index (Phi) is 6.43. The van der Waals surface area contributed by atoms with Gasteiger partial charge in [-0.25, -0.2) is 4.98 Å². The molecule has 0 bridgehead atoms. The molecule has 0 atom stereocenters. The second-order valence-electron chi connectivity index (χ2n) is 7.74. The Morgan fingerprint density at radius 2 is 1.91 bits per heavy atom. The lowest BCUT2D eigenvalue weighted by molar-refractivity contribution is -0.121. The van der Waals surface area contributed by atoms with Crippen molar-refractivity contribution in [1.29, 1.82) is 10.5 Å². The minimum Gasteiger partial charge on any atom is -0.424 e. The van der Waals surface area contributed by atoms with E-state index in [4.69, 9.17) is 14.9 Å². The van der Waals surface area contributed by atoms with Crippen LogP contribution in [-0.4, -0.2) is 26.6 Å². The minimum absolute atomic E-state index is 0.0184. The van der Waals surface area contributed by atoms with Crippen molar-refractivity contribution in [2.24, 2.45) is 0 Å². The van der Waals surface area contributed by atoms with Crippen molar-refractivity contribution in [3.8, 4) is 12.1 Å². The highest BCUT2D eigenvalue weighted by molar-refractivity contribution is 7.18. The number of thiazole rings is 1. The number of hydrogen-bond acceptors (Lipinski definition) is 8. The van der Waals surface area contributed by atoms with Crippen LogP contribution in [0.15, 0.2) is 52.9 Å². The highest BCUT2D eigenvalue weighted by Crippen LogP contribution is 2.34. The highest BCUT2D eigenvalue weighted by atomic mass is 32.1. The van der Waals surface area contributed by atoms with Crippen LogP contribution in [0.3, 0.4) is 0 Å². The number of nitriles is 2. The smallest absolute Gasteiger partial charge is 0.230 e. The van der Waals surface area contributed by atoms with Crippen molar-refractivity contribution < 1.29 is 9.21 Å². The molecule has 0 radical (unpaired) electrons. The van der Waals surface area contributed by atoms with E-state index in [0.29, 0.717) is 30.7 Å². The summed E-state index contributed by atoms with van der Waals surface area (Å²) in [6.07, 6.45) is 1.81. The number of fused-ring (bicyclic) bond motifs is 1. The highest BCUT2D eigenvalue weighted by Gasteiger charge is 2.44. The van der Waals surface area contributed by atoms with Gasteiger partial charge >= 0.3 is 0 Å². The van der Waals surface area contributed by atoms with Crippen molar-refractivity contribution in [2.45, 2.75) is 38.1 Å². The molecule has 0 unspecified atom stereocenters. The maximum Gasteiger partial charge on any atom is 0.230 e. The molecular weight excluding hydrogens is 436 g/mol. The minimum atomic E-state index is -0.681. The van der Waals surface area contributed by atoms with Crippen LogP contribution < -0.4 is 5.32 Å². The third kappa shape index (κ3) is 5.79. The number of aryl methyl sites for hydroxylation is 1. The number of hydrogen-bond donors (Lipinski definition) is 1. The van der Waals surface area contributed by atoms with E-state index >= 15 is 0 Å². The van der Waals surface area contributed by atoms with E-state index in [1.807, 2.05) is 43.3 Å². The van der Waals surface area contributed by atoms with Gasteiger partial charge in [-0.1, -0.05) is 24.3 Å². The summed E-state index contributed by atoms with van der Waals surface area (Å²) in [4.78, 5) is 16.5. The van der Waals surface area contributed by atoms with Crippen LogP contribution in [0.4, 0.5) is 0 Å². The molecule has 1 fully saturated rings. The molecule has 8 nitrogen and oxygen atoms in total. The average molecular weight is 457 g/mol. The normalized spacial score (nSPS) is 13.3. The van der Waals surface area contributed by atoms with E-state index in [1.165, 1.54) is 5.56 Å². The molecule has 1 saturated carbocycles. The molecule has 2 aromatic carbocycles. The van der Waals surface area contributed by atoms with Crippen LogP contribution >= 0.6 is 11.3 Å². The first-order chi connectivity index (χ1) is 16.0. The molecule has 5 rings (SSSR count). The van der Waals surface area contributed by atoms with Gasteiger partial charge in [0.2, 0.25) is 17.7 Å². The Hall–Kier alpha value is -4.08. The summed E-state index contributed by atoms with van der Waals surface area (Å²) >= 11 is 1.59. The van der Waals surface area contributed by atoms with Gasteiger partial charge in [0.05, 0.1) is 34.3 Å². The summed E-state index contributed by atoms with van der Waals surface area (Å²) in [5.74, 6) is 0.405.